The summed E-state index contributed by atoms with van der Waals surface area (Å²) in [6.45, 7) is 5.63. The molecule has 0 N–H and O–H groups in total. The van der Waals surface area contributed by atoms with Crippen molar-refractivity contribution in [3.8, 4) is 0 Å². The number of nitrogens with zero attached hydrogens (tertiary/aromatic N) is 2. The van der Waals surface area contributed by atoms with E-state index in [1.54, 1.807) is 11.8 Å². The molecule has 0 aromatic carbocycles. The molecule has 1 saturated heterocycles. The topological polar surface area (TPSA) is 51.1 Å². The van der Waals surface area contributed by atoms with Crippen LogP contribution in [-0.2, 0) is 14.3 Å². The lowest BCUT2D eigenvalue weighted by Gasteiger charge is -2.40. The van der Waals surface area contributed by atoms with Crippen LogP contribution in [0.4, 0.5) is 0 Å². The molecule has 0 radical (unpaired) electrons. The van der Waals surface area contributed by atoms with Crippen LogP contribution in [0.15, 0.2) is 4.99 Å². The SMILES string of the molecule is CC[C@H]1O[C@@H]2SC(N(C)C)=N[C@@H]2[C@@H](OC(C)=O)[C@@H]1C. The molecule has 0 bridgehead atoms. The highest BCUT2D eigenvalue weighted by molar-refractivity contribution is 8.14. The zero-order valence-electron chi connectivity index (χ0n) is 12.1. The molecule has 0 saturated carbocycles. The highest BCUT2D eigenvalue weighted by Crippen LogP contribution is 2.41. The maximum Gasteiger partial charge on any atom is 0.302 e. The number of aliphatic imine (C=N–C) groups is 1. The van der Waals surface area contributed by atoms with Crippen LogP contribution in [0.25, 0.3) is 0 Å². The van der Waals surface area contributed by atoms with Crippen molar-refractivity contribution >= 4 is 22.9 Å². The first-order valence-electron chi connectivity index (χ1n) is 6.68. The smallest absolute Gasteiger partial charge is 0.302 e. The molecule has 5 nitrogen and oxygen atoms in total. The van der Waals surface area contributed by atoms with Gasteiger partial charge in [-0.05, 0) is 6.42 Å². The van der Waals surface area contributed by atoms with Gasteiger partial charge in [0.15, 0.2) is 5.17 Å². The van der Waals surface area contributed by atoms with Gasteiger partial charge in [0.1, 0.15) is 17.6 Å². The lowest BCUT2D eigenvalue weighted by atomic mass is 9.88. The number of amidine groups is 1. The number of carbonyl (C=O) groups is 1. The summed E-state index contributed by atoms with van der Waals surface area (Å²) in [5.41, 5.74) is -0.0390. The van der Waals surface area contributed by atoms with Gasteiger partial charge in [0.2, 0.25) is 0 Å². The van der Waals surface area contributed by atoms with Crippen LogP contribution in [-0.4, -0.2) is 53.8 Å². The monoisotopic (exact) mass is 286 g/mol. The molecule has 0 spiro atoms. The number of ether oxygens (including phenoxy) is 2. The molecule has 0 aromatic heterocycles. The number of esters is 1. The minimum absolute atomic E-state index is 0.0390. The minimum atomic E-state index is -0.245. The summed E-state index contributed by atoms with van der Waals surface area (Å²) in [4.78, 5) is 18.0. The molecule has 6 heteroatoms. The molecule has 2 aliphatic heterocycles. The summed E-state index contributed by atoms with van der Waals surface area (Å²) < 4.78 is 11.6. The molecular formula is C13H22N2O3S. The van der Waals surface area contributed by atoms with E-state index in [4.69, 9.17) is 9.47 Å². The van der Waals surface area contributed by atoms with E-state index >= 15 is 0 Å². The molecule has 0 aromatic rings. The normalized spacial score (nSPS) is 37.5. The van der Waals surface area contributed by atoms with Crippen LogP contribution >= 0.6 is 11.8 Å². The summed E-state index contributed by atoms with van der Waals surface area (Å²) in [5.74, 6) is -0.0770. The molecule has 5 atom stereocenters. The van der Waals surface area contributed by atoms with Gasteiger partial charge in [0.05, 0.1) is 6.10 Å². The molecule has 2 aliphatic rings. The Hall–Kier alpha value is -0.750. The van der Waals surface area contributed by atoms with Crippen LogP contribution in [0.3, 0.4) is 0 Å². The summed E-state index contributed by atoms with van der Waals surface area (Å²) in [6.07, 6.45) is 0.848. The molecule has 108 valence electrons. The fourth-order valence-electron chi connectivity index (χ4n) is 2.61. The zero-order chi connectivity index (χ0) is 14.2. The van der Waals surface area contributed by atoms with Crippen LogP contribution < -0.4 is 0 Å². The largest absolute Gasteiger partial charge is 0.460 e. The Labute approximate surface area is 118 Å². The van der Waals surface area contributed by atoms with Crippen molar-refractivity contribution in [2.75, 3.05) is 14.1 Å². The van der Waals surface area contributed by atoms with E-state index < -0.39 is 0 Å². The third kappa shape index (κ3) is 2.89. The predicted molar refractivity (Wildman–Crippen MR) is 76.2 cm³/mol. The highest BCUT2D eigenvalue weighted by atomic mass is 32.2. The first kappa shape index (κ1) is 14.7. The van der Waals surface area contributed by atoms with Gasteiger partial charge in [-0.1, -0.05) is 25.6 Å². The van der Waals surface area contributed by atoms with Crippen LogP contribution in [0.5, 0.6) is 0 Å². The summed E-state index contributed by atoms with van der Waals surface area (Å²) >= 11 is 1.62. The molecule has 0 unspecified atom stereocenters. The maximum absolute atomic E-state index is 11.3. The Morgan fingerprint density at radius 3 is 2.74 bits per heavy atom. The first-order valence-corrected chi connectivity index (χ1v) is 7.56. The van der Waals surface area contributed by atoms with Crippen molar-refractivity contribution < 1.29 is 14.3 Å². The van der Waals surface area contributed by atoms with Crippen molar-refractivity contribution in [1.29, 1.82) is 0 Å². The van der Waals surface area contributed by atoms with Crippen molar-refractivity contribution in [1.82, 2.24) is 4.90 Å². The van der Waals surface area contributed by atoms with Crippen molar-refractivity contribution in [2.45, 2.75) is 50.9 Å². The zero-order valence-corrected chi connectivity index (χ0v) is 12.9. The molecule has 2 rings (SSSR count). The second-order valence-electron chi connectivity index (χ2n) is 5.30. The van der Waals surface area contributed by atoms with Crippen molar-refractivity contribution in [2.24, 2.45) is 10.9 Å². The first-order chi connectivity index (χ1) is 8.93. The molecule has 0 amide bonds. The molecule has 2 heterocycles. The molecule has 19 heavy (non-hydrogen) atoms. The van der Waals surface area contributed by atoms with Gasteiger partial charge < -0.3 is 14.4 Å². The summed E-state index contributed by atoms with van der Waals surface area (Å²) in [7, 11) is 3.93. The van der Waals surface area contributed by atoms with Gasteiger partial charge in [0, 0.05) is 26.9 Å². The Bertz CT molecular complexity index is 386. The predicted octanol–water partition coefficient (Wildman–Crippen LogP) is 1.72. The third-order valence-corrected chi connectivity index (χ3v) is 4.90. The quantitative estimate of drug-likeness (QED) is 0.724. The summed E-state index contributed by atoms with van der Waals surface area (Å²) in [5, 5.41) is 0.941. The lowest BCUT2D eigenvalue weighted by molar-refractivity contribution is -0.166. The number of hydrogen-bond donors (Lipinski definition) is 0. The lowest BCUT2D eigenvalue weighted by Crippen LogP contribution is -2.51. The van der Waals surface area contributed by atoms with Gasteiger partial charge in [-0.3, -0.25) is 9.79 Å². The average Bonchev–Trinajstić information content (AvgIpc) is 2.76. The highest BCUT2D eigenvalue weighted by Gasteiger charge is 2.49. The van der Waals surface area contributed by atoms with E-state index in [1.165, 1.54) is 6.92 Å². The van der Waals surface area contributed by atoms with Crippen molar-refractivity contribution in [3.05, 3.63) is 0 Å². The number of fused-ring (bicyclic) bond motifs is 1. The Morgan fingerprint density at radius 2 is 2.21 bits per heavy atom. The molecule has 1 fully saturated rings. The Morgan fingerprint density at radius 1 is 1.53 bits per heavy atom. The van der Waals surface area contributed by atoms with Crippen molar-refractivity contribution in [3.63, 3.8) is 0 Å². The molecule has 0 aliphatic carbocycles. The van der Waals surface area contributed by atoms with Gasteiger partial charge >= 0.3 is 5.97 Å². The third-order valence-electron chi connectivity index (χ3n) is 3.60. The number of rotatable bonds is 2. The van der Waals surface area contributed by atoms with E-state index in [0.29, 0.717) is 0 Å². The standard InChI is InChI=1S/C13H22N2O3S/c1-6-9-7(2)11(17-8(3)16)10-12(18-9)19-13(14-10)15(4)5/h7,9-12H,6H2,1-5H3/t7-,9-,10-,11+,12-/m1/s1. The van der Waals surface area contributed by atoms with Crippen LogP contribution in [0, 0.1) is 5.92 Å². The van der Waals surface area contributed by atoms with E-state index in [9.17, 15) is 4.79 Å². The van der Waals surface area contributed by atoms with Crippen LogP contribution in [0.2, 0.25) is 0 Å². The fourth-order valence-corrected chi connectivity index (χ4v) is 3.76. The summed E-state index contributed by atoms with van der Waals surface area (Å²) in [6, 6.07) is -0.0934. The van der Waals surface area contributed by atoms with Crippen LogP contribution in [0.1, 0.15) is 27.2 Å². The Kier molecular flexibility index (Phi) is 4.40. The van der Waals surface area contributed by atoms with Gasteiger partial charge in [-0.15, -0.1) is 0 Å². The van der Waals surface area contributed by atoms with Gasteiger partial charge in [0.25, 0.3) is 0 Å². The van der Waals surface area contributed by atoms with E-state index in [2.05, 4.69) is 18.8 Å². The fraction of sp³-hybridized carbons (Fsp3) is 0.846. The Balaban J connectivity index is 2.22. The second-order valence-corrected chi connectivity index (χ2v) is 6.36. The number of carbonyl (C=O) groups excluding carboxylic acids is 1. The molecular weight excluding hydrogens is 264 g/mol. The van der Waals surface area contributed by atoms with E-state index in [0.717, 1.165) is 11.6 Å². The number of hydrogen-bond acceptors (Lipinski definition) is 6. The number of thioether (sulfide) groups is 1. The van der Waals surface area contributed by atoms with Gasteiger partial charge in [-0.25, -0.2) is 0 Å². The minimum Gasteiger partial charge on any atom is -0.460 e. The average molecular weight is 286 g/mol. The van der Waals surface area contributed by atoms with Gasteiger partial charge in [-0.2, -0.15) is 0 Å². The van der Waals surface area contributed by atoms with E-state index in [-0.39, 0.29) is 35.6 Å². The van der Waals surface area contributed by atoms with E-state index in [1.807, 2.05) is 19.0 Å². The maximum atomic E-state index is 11.3. The second kappa shape index (κ2) is 5.71.